The third-order valence-corrected chi connectivity index (χ3v) is 4.40. The Labute approximate surface area is 146 Å². The van der Waals surface area contributed by atoms with Crippen LogP contribution in [0.2, 0.25) is 0 Å². The van der Waals surface area contributed by atoms with Crippen molar-refractivity contribution >= 4 is 5.91 Å². The number of aliphatic hydroxyl groups excluding tert-OH is 1. The Bertz CT molecular complexity index is 784. The molecule has 2 heterocycles. The topological polar surface area (TPSA) is 85.0 Å². The van der Waals surface area contributed by atoms with E-state index in [9.17, 15) is 9.90 Å². The fourth-order valence-electron chi connectivity index (χ4n) is 3.21. The number of hydrogen-bond acceptors (Lipinski definition) is 6. The molecule has 1 aliphatic rings. The molecule has 2 aromatic rings. The molecule has 1 aromatic heterocycles. The van der Waals surface area contributed by atoms with Gasteiger partial charge in [-0.1, -0.05) is 13.8 Å². The van der Waals surface area contributed by atoms with Crippen molar-refractivity contribution in [1.82, 2.24) is 9.88 Å². The van der Waals surface area contributed by atoms with Crippen molar-refractivity contribution < 1.29 is 23.8 Å². The number of hydrogen-bond donors (Lipinski definition) is 1. The first-order valence-corrected chi connectivity index (χ1v) is 8.12. The predicted octanol–water partition coefficient (Wildman–Crippen LogP) is 2.50. The summed E-state index contributed by atoms with van der Waals surface area (Å²) in [6.07, 6.45) is 0.410. The van der Waals surface area contributed by atoms with Gasteiger partial charge in [-0.15, -0.1) is 0 Å². The SMILES string of the molecule is COc1ccc(OC)c2c1CN(C(=O)c1ncoc1C(C)C)CC2O. The van der Waals surface area contributed by atoms with E-state index >= 15 is 0 Å². The summed E-state index contributed by atoms with van der Waals surface area (Å²) in [5.74, 6) is 1.50. The summed E-state index contributed by atoms with van der Waals surface area (Å²) in [6.45, 7) is 4.33. The Morgan fingerprint density at radius 1 is 1.32 bits per heavy atom. The van der Waals surface area contributed by atoms with Gasteiger partial charge in [-0.3, -0.25) is 4.79 Å². The van der Waals surface area contributed by atoms with Gasteiger partial charge in [0.2, 0.25) is 0 Å². The van der Waals surface area contributed by atoms with Crippen LogP contribution in [0.1, 0.15) is 53.2 Å². The molecule has 1 aromatic carbocycles. The smallest absolute Gasteiger partial charge is 0.276 e. The first kappa shape index (κ1) is 17.3. The van der Waals surface area contributed by atoms with Gasteiger partial charge in [0.05, 0.1) is 27.3 Å². The number of benzene rings is 1. The van der Waals surface area contributed by atoms with Gasteiger partial charge in [0, 0.05) is 17.0 Å². The highest BCUT2D eigenvalue weighted by atomic mass is 16.5. The van der Waals surface area contributed by atoms with Gasteiger partial charge in [-0.05, 0) is 12.1 Å². The summed E-state index contributed by atoms with van der Waals surface area (Å²) in [5, 5.41) is 10.6. The number of amides is 1. The molecule has 134 valence electrons. The molecule has 25 heavy (non-hydrogen) atoms. The van der Waals surface area contributed by atoms with Crippen LogP contribution in [-0.2, 0) is 6.54 Å². The van der Waals surface area contributed by atoms with Gasteiger partial charge in [0.1, 0.15) is 23.4 Å². The number of oxazole rings is 1. The van der Waals surface area contributed by atoms with Crippen LogP contribution in [-0.4, -0.2) is 41.7 Å². The predicted molar refractivity (Wildman–Crippen MR) is 89.8 cm³/mol. The number of ether oxygens (including phenoxy) is 2. The number of aromatic nitrogens is 1. The molecule has 1 amide bonds. The fourth-order valence-corrected chi connectivity index (χ4v) is 3.21. The number of aliphatic hydroxyl groups is 1. The van der Waals surface area contributed by atoms with Crippen LogP contribution in [0.4, 0.5) is 0 Å². The van der Waals surface area contributed by atoms with Crippen LogP contribution in [0.15, 0.2) is 22.9 Å². The van der Waals surface area contributed by atoms with Crippen LogP contribution in [0, 0.1) is 0 Å². The number of β-amino-alcohol motifs (C(OH)–C–C–N with tert-alkyl or cyclic N) is 1. The monoisotopic (exact) mass is 346 g/mol. The van der Waals surface area contributed by atoms with E-state index in [0.717, 1.165) is 5.56 Å². The molecule has 0 saturated heterocycles. The van der Waals surface area contributed by atoms with E-state index < -0.39 is 6.10 Å². The van der Waals surface area contributed by atoms with E-state index in [1.807, 2.05) is 13.8 Å². The van der Waals surface area contributed by atoms with E-state index in [4.69, 9.17) is 13.9 Å². The molecule has 7 heteroatoms. The van der Waals surface area contributed by atoms with Gasteiger partial charge in [0.15, 0.2) is 12.1 Å². The van der Waals surface area contributed by atoms with E-state index in [0.29, 0.717) is 29.4 Å². The molecule has 1 unspecified atom stereocenters. The van der Waals surface area contributed by atoms with Crippen molar-refractivity contribution in [3.05, 3.63) is 41.1 Å². The molecule has 1 aliphatic heterocycles. The van der Waals surface area contributed by atoms with E-state index in [1.54, 1.807) is 31.3 Å². The van der Waals surface area contributed by atoms with Gasteiger partial charge in [-0.25, -0.2) is 4.98 Å². The van der Waals surface area contributed by atoms with Crippen LogP contribution < -0.4 is 9.47 Å². The Balaban J connectivity index is 1.98. The molecule has 0 radical (unpaired) electrons. The summed E-state index contributed by atoms with van der Waals surface area (Å²) >= 11 is 0. The lowest BCUT2D eigenvalue weighted by Gasteiger charge is -2.33. The maximum atomic E-state index is 12.9. The average molecular weight is 346 g/mol. The molecule has 1 N–H and O–H groups in total. The summed E-state index contributed by atoms with van der Waals surface area (Å²) in [6, 6.07) is 3.53. The van der Waals surface area contributed by atoms with Crippen molar-refractivity contribution in [2.45, 2.75) is 32.4 Å². The van der Waals surface area contributed by atoms with E-state index in [1.165, 1.54) is 6.39 Å². The van der Waals surface area contributed by atoms with Crippen molar-refractivity contribution in [3.8, 4) is 11.5 Å². The minimum absolute atomic E-state index is 0.0399. The van der Waals surface area contributed by atoms with E-state index in [-0.39, 0.29) is 24.1 Å². The number of methoxy groups -OCH3 is 2. The fraction of sp³-hybridized carbons (Fsp3) is 0.444. The standard InChI is InChI=1S/C18H22N2O5/c1-10(2)17-16(19-9-25-17)18(22)20-7-11-13(23-3)5-6-14(24-4)15(11)12(21)8-20/h5-6,9-10,12,21H,7-8H2,1-4H3. The quantitative estimate of drug-likeness (QED) is 0.915. The van der Waals surface area contributed by atoms with Gasteiger partial charge >= 0.3 is 0 Å². The van der Waals surface area contributed by atoms with Crippen LogP contribution in [0.3, 0.4) is 0 Å². The van der Waals surface area contributed by atoms with Crippen molar-refractivity contribution in [1.29, 1.82) is 0 Å². The highest BCUT2D eigenvalue weighted by Crippen LogP contribution is 2.39. The zero-order chi connectivity index (χ0) is 18.1. The average Bonchev–Trinajstić information content (AvgIpc) is 3.09. The number of carbonyl (C=O) groups excluding carboxylic acids is 1. The number of rotatable bonds is 4. The highest BCUT2D eigenvalue weighted by Gasteiger charge is 2.34. The van der Waals surface area contributed by atoms with Crippen LogP contribution in [0.5, 0.6) is 11.5 Å². The summed E-state index contributed by atoms with van der Waals surface area (Å²) < 4.78 is 16.1. The Morgan fingerprint density at radius 2 is 2.00 bits per heavy atom. The minimum Gasteiger partial charge on any atom is -0.496 e. The highest BCUT2D eigenvalue weighted by molar-refractivity contribution is 5.93. The lowest BCUT2D eigenvalue weighted by molar-refractivity contribution is 0.0531. The first-order chi connectivity index (χ1) is 12.0. The summed E-state index contributed by atoms with van der Waals surface area (Å²) in [7, 11) is 3.11. The lowest BCUT2D eigenvalue weighted by atomic mass is 9.94. The molecule has 0 aliphatic carbocycles. The molecule has 1 atom stereocenters. The summed E-state index contributed by atoms with van der Waals surface area (Å²) in [4.78, 5) is 18.5. The molecular formula is C18H22N2O5. The molecule has 0 fully saturated rings. The van der Waals surface area contributed by atoms with Gasteiger partial charge in [-0.2, -0.15) is 0 Å². The number of fused-ring (bicyclic) bond motifs is 1. The zero-order valence-electron chi connectivity index (χ0n) is 14.8. The van der Waals surface area contributed by atoms with Crippen molar-refractivity contribution in [2.24, 2.45) is 0 Å². The maximum absolute atomic E-state index is 12.9. The second-order valence-corrected chi connectivity index (χ2v) is 6.28. The van der Waals surface area contributed by atoms with Crippen molar-refractivity contribution in [3.63, 3.8) is 0 Å². The van der Waals surface area contributed by atoms with Crippen LogP contribution >= 0.6 is 0 Å². The van der Waals surface area contributed by atoms with Gasteiger partial charge in [0.25, 0.3) is 5.91 Å². The Morgan fingerprint density at radius 3 is 2.64 bits per heavy atom. The van der Waals surface area contributed by atoms with Crippen LogP contribution in [0.25, 0.3) is 0 Å². The Hall–Kier alpha value is -2.54. The molecule has 3 rings (SSSR count). The molecule has 0 spiro atoms. The third kappa shape index (κ3) is 2.95. The molecular weight excluding hydrogens is 324 g/mol. The van der Waals surface area contributed by atoms with Crippen molar-refractivity contribution in [2.75, 3.05) is 20.8 Å². The number of carbonyl (C=O) groups is 1. The lowest BCUT2D eigenvalue weighted by Crippen LogP contribution is -2.39. The molecule has 0 saturated carbocycles. The first-order valence-electron chi connectivity index (χ1n) is 8.12. The zero-order valence-corrected chi connectivity index (χ0v) is 14.8. The normalized spacial score (nSPS) is 16.7. The molecule has 7 nitrogen and oxygen atoms in total. The minimum atomic E-state index is -0.868. The maximum Gasteiger partial charge on any atom is 0.276 e. The van der Waals surface area contributed by atoms with E-state index in [2.05, 4.69) is 4.98 Å². The Kier molecular flexibility index (Phi) is 4.67. The molecule has 0 bridgehead atoms. The summed E-state index contributed by atoms with van der Waals surface area (Å²) in [5.41, 5.74) is 1.69. The second kappa shape index (κ2) is 6.76. The number of nitrogens with zero attached hydrogens (tertiary/aromatic N) is 2. The largest absolute Gasteiger partial charge is 0.496 e. The van der Waals surface area contributed by atoms with Gasteiger partial charge < -0.3 is 23.9 Å². The second-order valence-electron chi connectivity index (χ2n) is 6.28. The third-order valence-electron chi connectivity index (χ3n) is 4.40.